The van der Waals surface area contributed by atoms with E-state index in [9.17, 15) is 4.79 Å². The van der Waals surface area contributed by atoms with Crippen LogP contribution in [0.5, 0.6) is 0 Å². The summed E-state index contributed by atoms with van der Waals surface area (Å²) in [6, 6.07) is 13.7. The van der Waals surface area contributed by atoms with Crippen molar-refractivity contribution in [2.45, 2.75) is 16.2 Å². The third-order valence-corrected chi connectivity index (χ3v) is 6.19. The highest BCUT2D eigenvalue weighted by Crippen LogP contribution is 2.36. The van der Waals surface area contributed by atoms with E-state index in [1.54, 1.807) is 6.07 Å². The van der Waals surface area contributed by atoms with E-state index >= 15 is 0 Å². The van der Waals surface area contributed by atoms with Crippen molar-refractivity contribution in [3.63, 3.8) is 0 Å². The zero-order valence-electron chi connectivity index (χ0n) is 13.1. The van der Waals surface area contributed by atoms with E-state index in [1.807, 2.05) is 48.7 Å². The Balaban J connectivity index is 1.56. The van der Waals surface area contributed by atoms with Crippen LogP contribution in [0.15, 0.2) is 57.1 Å². The number of carbonyl (C=O) groups is 1. The Morgan fingerprint density at radius 1 is 1.16 bits per heavy atom. The van der Waals surface area contributed by atoms with Gasteiger partial charge in [0.2, 0.25) is 5.13 Å². The molecule has 8 heteroatoms. The van der Waals surface area contributed by atoms with Crippen LogP contribution in [-0.4, -0.2) is 21.1 Å². The van der Waals surface area contributed by atoms with Crippen LogP contribution in [0.2, 0.25) is 0 Å². The third kappa shape index (κ3) is 3.55. The lowest BCUT2D eigenvalue weighted by molar-refractivity contribution is 0.103. The standard InChI is InChI=1S/C17H12N4OS3/c1-10-9-14(11-5-2-3-6-12(11)18-10)24-17-21-20-16(25-17)19-15(22)13-7-4-8-23-13/h2-9H,1H3,(H,19,20,22). The molecule has 0 aliphatic rings. The first-order valence-corrected chi connectivity index (χ1v) is 9.93. The number of para-hydroxylation sites is 1. The molecule has 0 saturated heterocycles. The fourth-order valence-electron chi connectivity index (χ4n) is 2.32. The Morgan fingerprint density at radius 2 is 2.04 bits per heavy atom. The smallest absolute Gasteiger partial charge is 0.267 e. The van der Waals surface area contributed by atoms with Gasteiger partial charge in [0.25, 0.3) is 5.91 Å². The summed E-state index contributed by atoms with van der Waals surface area (Å²) < 4.78 is 0.775. The average molecular weight is 385 g/mol. The summed E-state index contributed by atoms with van der Waals surface area (Å²) >= 11 is 4.29. The Morgan fingerprint density at radius 3 is 2.88 bits per heavy atom. The van der Waals surface area contributed by atoms with E-state index < -0.39 is 0 Å². The molecule has 0 unspecified atom stereocenters. The second kappa shape index (κ2) is 6.91. The minimum absolute atomic E-state index is 0.159. The van der Waals surface area contributed by atoms with Crippen LogP contribution in [0.25, 0.3) is 10.9 Å². The lowest BCUT2D eigenvalue weighted by Gasteiger charge is -2.05. The summed E-state index contributed by atoms with van der Waals surface area (Å²) in [5, 5.41) is 14.5. The number of benzene rings is 1. The Kier molecular flexibility index (Phi) is 4.48. The molecule has 1 aromatic carbocycles. The number of rotatable bonds is 4. The monoisotopic (exact) mass is 384 g/mol. The number of amides is 1. The van der Waals surface area contributed by atoms with Gasteiger partial charge in [-0.3, -0.25) is 15.1 Å². The second-order valence-corrected chi connectivity index (χ2v) is 8.40. The number of pyridine rings is 1. The molecule has 0 spiro atoms. The average Bonchev–Trinajstić information content (AvgIpc) is 3.27. The molecule has 0 fully saturated rings. The molecule has 0 saturated carbocycles. The maximum atomic E-state index is 12.1. The molecule has 0 aliphatic heterocycles. The second-order valence-electron chi connectivity index (χ2n) is 5.19. The number of nitrogens with zero attached hydrogens (tertiary/aromatic N) is 3. The minimum atomic E-state index is -0.159. The number of carbonyl (C=O) groups excluding carboxylic acids is 1. The molecule has 4 aromatic rings. The number of fused-ring (bicyclic) bond motifs is 1. The zero-order chi connectivity index (χ0) is 17.2. The van der Waals surface area contributed by atoms with Gasteiger partial charge in [-0.15, -0.1) is 21.5 Å². The van der Waals surface area contributed by atoms with E-state index in [-0.39, 0.29) is 5.91 Å². The van der Waals surface area contributed by atoms with Gasteiger partial charge in [-0.05, 0) is 30.5 Å². The molecular formula is C17H12N4OS3. The summed E-state index contributed by atoms with van der Waals surface area (Å²) in [7, 11) is 0. The number of aryl methyl sites for hydroxylation is 1. The third-order valence-electron chi connectivity index (χ3n) is 3.38. The molecule has 0 bridgehead atoms. The van der Waals surface area contributed by atoms with E-state index in [0.717, 1.165) is 25.8 Å². The van der Waals surface area contributed by atoms with Gasteiger partial charge in [0.1, 0.15) is 0 Å². The largest absolute Gasteiger partial charge is 0.296 e. The molecule has 0 radical (unpaired) electrons. The molecule has 4 rings (SSSR count). The van der Waals surface area contributed by atoms with Gasteiger partial charge in [-0.1, -0.05) is 47.4 Å². The molecule has 5 nitrogen and oxygen atoms in total. The van der Waals surface area contributed by atoms with Gasteiger partial charge < -0.3 is 0 Å². The lowest BCUT2D eigenvalue weighted by atomic mass is 10.2. The van der Waals surface area contributed by atoms with Crippen LogP contribution in [0.4, 0.5) is 5.13 Å². The van der Waals surface area contributed by atoms with Crippen LogP contribution < -0.4 is 5.32 Å². The van der Waals surface area contributed by atoms with E-state index in [2.05, 4.69) is 20.5 Å². The first-order valence-electron chi connectivity index (χ1n) is 7.41. The number of aromatic nitrogens is 3. The molecule has 0 atom stereocenters. The minimum Gasteiger partial charge on any atom is -0.296 e. The van der Waals surface area contributed by atoms with Crippen molar-refractivity contribution in [3.05, 3.63) is 58.4 Å². The van der Waals surface area contributed by atoms with Crippen LogP contribution in [0.1, 0.15) is 15.4 Å². The molecule has 3 heterocycles. The summed E-state index contributed by atoms with van der Waals surface area (Å²) in [5.41, 5.74) is 1.91. The summed E-state index contributed by atoms with van der Waals surface area (Å²) in [5.74, 6) is -0.159. The predicted octanol–water partition coefficient (Wildman–Crippen LogP) is 4.86. The molecule has 1 amide bonds. The van der Waals surface area contributed by atoms with Gasteiger partial charge >= 0.3 is 0 Å². The van der Waals surface area contributed by atoms with Gasteiger partial charge in [0.15, 0.2) is 4.34 Å². The highest BCUT2D eigenvalue weighted by Gasteiger charge is 2.13. The van der Waals surface area contributed by atoms with Gasteiger partial charge in [-0.2, -0.15) is 0 Å². The highest BCUT2D eigenvalue weighted by molar-refractivity contribution is 8.01. The Hall–Kier alpha value is -2.29. The van der Waals surface area contributed by atoms with Crippen molar-refractivity contribution in [1.29, 1.82) is 0 Å². The van der Waals surface area contributed by atoms with E-state index in [4.69, 9.17) is 0 Å². The van der Waals surface area contributed by atoms with Gasteiger partial charge in [-0.25, -0.2) is 0 Å². The first kappa shape index (κ1) is 16.2. The Labute approximate surface area is 156 Å². The summed E-state index contributed by atoms with van der Waals surface area (Å²) in [6.45, 7) is 1.98. The lowest BCUT2D eigenvalue weighted by Crippen LogP contribution is -2.09. The molecular weight excluding hydrogens is 372 g/mol. The van der Waals surface area contributed by atoms with Crippen molar-refractivity contribution < 1.29 is 4.79 Å². The first-order chi connectivity index (χ1) is 12.2. The highest BCUT2D eigenvalue weighted by atomic mass is 32.2. The number of thiophene rings is 1. The quantitative estimate of drug-likeness (QED) is 0.509. The number of nitrogens with one attached hydrogen (secondary N) is 1. The SMILES string of the molecule is Cc1cc(Sc2nnc(NC(=O)c3cccs3)s2)c2ccccc2n1. The van der Waals surface area contributed by atoms with Crippen molar-refractivity contribution in [2.24, 2.45) is 0 Å². The molecule has 3 aromatic heterocycles. The molecule has 0 aliphatic carbocycles. The topological polar surface area (TPSA) is 67.8 Å². The summed E-state index contributed by atoms with van der Waals surface area (Å²) in [4.78, 5) is 18.4. The fraction of sp³-hybridized carbons (Fsp3) is 0.0588. The van der Waals surface area contributed by atoms with Gasteiger partial charge in [0.05, 0.1) is 10.4 Å². The fourth-order valence-corrected chi connectivity index (χ4v) is 4.86. The molecule has 1 N–H and O–H groups in total. The maximum Gasteiger partial charge on any atom is 0.267 e. The maximum absolute atomic E-state index is 12.1. The molecule has 25 heavy (non-hydrogen) atoms. The zero-order valence-corrected chi connectivity index (χ0v) is 15.5. The number of hydrogen-bond donors (Lipinski definition) is 1. The predicted molar refractivity (Wildman–Crippen MR) is 103 cm³/mol. The van der Waals surface area contributed by atoms with Crippen molar-refractivity contribution in [3.8, 4) is 0 Å². The van der Waals surface area contributed by atoms with Crippen molar-refractivity contribution in [2.75, 3.05) is 5.32 Å². The number of hydrogen-bond acceptors (Lipinski definition) is 7. The number of anilines is 1. The van der Waals surface area contributed by atoms with E-state index in [1.165, 1.54) is 34.4 Å². The van der Waals surface area contributed by atoms with Crippen molar-refractivity contribution >= 4 is 56.4 Å². The van der Waals surface area contributed by atoms with Gasteiger partial charge in [0, 0.05) is 16.0 Å². The molecule has 124 valence electrons. The van der Waals surface area contributed by atoms with Crippen LogP contribution in [0.3, 0.4) is 0 Å². The van der Waals surface area contributed by atoms with Crippen LogP contribution in [0, 0.1) is 6.92 Å². The van der Waals surface area contributed by atoms with Crippen LogP contribution >= 0.6 is 34.4 Å². The van der Waals surface area contributed by atoms with E-state index in [0.29, 0.717) is 10.0 Å². The van der Waals surface area contributed by atoms with Crippen LogP contribution in [-0.2, 0) is 0 Å². The normalized spacial score (nSPS) is 10.9. The van der Waals surface area contributed by atoms with Crippen molar-refractivity contribution in [1.82, 2.24) is 15.2 Å². The summed E-state index contributed by atoms with van der Waals surface area (Å²) in [6.07, 6.45) is 0. The Bertz CT molecular complexity index is 1040.